The minimum atomic E-state index is 0.0135. The number of anilines is 1. The van der Waals surface area contributed by atoms with Gasteiger partial charge in [-0.15, -0.1) is 0 Å². The molecular weight excluding hydrogens is 228 g/mol. The molecule has 90 valence electrons. The van der Waals surface area contributed by atoms with Crippen LogP contribution in [0.2, 0.25) is 0 Å². The highest BCUT2D eigenvalue weighted by molar-refractivity contribution is 7.80. The van der Waals surface area contributed by atoms with Crippen LogP contribution in [-0.4, -0.2) is 28.1 Å². The molecule has 0 amide bonds. The summed E-state index contributed by atoms with van der Waals surface area (Å²) in [6, 6.07) is 11.0. The average Bonchev–Trinajstić information content (AvgIpc) is 2.85. The molecule has 2 nitrogen and oxygen atoms in total. The Kier molecular flexibility index (Phi) is 2.49. The van der Waals surface area contributed by atoms with E-state index < -0.39 is 0 Å². The summed E-state index contributed by atoms with van der Waals surface area (Å²) in [7, 11) is 0. The Morgan fingerprint density at radius 3 is 2.59 bits per heavy atom. The summed E-state index contributed by atoms with van der Waals surface area (Å²) in [6.45, 7) is 5.72. The molecule has 0 spiro atoms. The van der Waals surface area contributed by atoms with Gasteiger partial charge in [-0.3, -0.25) is 4.90 Å². The molecule has 0 aliphatic carbocycles. The highest BCUT2D eigenvalue weighted by atomic mass is 32.1. The molecule has 1 aromatic carbocycles. The topological polar surface area (TPSA) is 6.48 Å². The van der Waals surface area contributed by atoms with Crippen molar-refractivity contribution in [3.63, 3.8) is 0 Å². The Morgan fingerprint density at radius 2 is 1.94 bits per heavy atom. The maximum absolute atomic E-state index is 5.69. The molecule has 0 bridgehead atoms. The van der Waals surface area contributed by atoms with E-state index >= 15 is 0 Å². The number of rotatable bonds is 1. The molecule has 1 atom stereocenters. The van der Waals surface area contributed by atoms with Gasteiger partial charge in [-0.2, -0.15) is 0 Å². The first kappa shape index (κ1) is 11.2. The molecule has 2 heterocycles. The van der Waals surface area contributed by atoms with E-state index in [1.165, 1.54) is 25.1 Å². The zero-order chi connectivity index (χ0) is 12.0. The van der Waals surface area contributed by atoms with E-state index in [9.17, 15) is 0 Å². The van der Waals surface area contributed by atoms with Gasteiger partial charge in [0.25, 0.3) is 0 Å². The van der Waals surface area contributed by atoms with Crippen LogP contribution in [0, 0.1) is 0 Å². The zero-order valence-corrected chi connectivity index (χ0v) is 11.2. The third-order valence-electron chi connectivity index (χ3n) is 4.02. The number of hydrogen-bond acceptors (Lipinski definition) is 2. The molecule has 0 aromatic heterocycles. The Labute approximate surface area is 108 Å². The molecule has 3 rings (SSSR count). The molecule has 0 unspecified atom stereocenters. The average molecular weight is 246 g/mol. The van der Waals surface area contributed by atoms with Gasteiger partial charge >= 0.3 is 0 Å². The first-order valence-electron chi connectivity index (χ1n) is 6.28. The van der Waals surface area contributed by atoms with Crippen molar-refractivity contribution in [3.05, 3.63) is 30.3 Å². The lowest BCUT2D eigenvalue weighted by Gasteiger charge is -2.38. The Bertz CT molecular complexity index is 441. The van der Waals surface area contributed by atoms with Gasteiger partial charge in [0.2, 0.25) is 0 Å². The summed E-state index contributed by atoms with van der Waals surface area (Å²) in [6.07, 6.45) is 2.49. The van der Waals surface area contributed by atoms with Gasteiger partial charge in [-0.1, -0.05) is 30.4 Å². The van der Waals surface area contributed by atoms with Crippen LogP contribution in [0.25, 0.3) is 0 Å². The third-order valence-corrected chi connectivity index (χ3v) is 4.48. The number of fused-ring (bicyclic) bond motifs is 1. The Hall–Kier alpha value is -0.930. The standard InChI is InChI=1S/C14H18N2S/c1-14(2)15-10-6-9-12(15)13(17)16(14)11-7-4-3-5-8-11/h3-5,7-8,12H,6,9-10H2,1-2H3/t12-/m0/s1. The van der Waals surface area contributed by atoms with Gasteiger partial charge in [0, 0.05) is 12.2 Å². The Balaban J connectivity index is 2.03. The van der Waals surface area contributed by atoms with Crippen molar-refractivity contribution in [3.8, 4) is 0 Å². The monoisotopic (exact) mass is 246 g/mol. The van der Waals surface area contributed by atoms with Crippen molar-refractivity contribution in [1.29, 1.82) is 0 Å². The summed E-state index contributed by atoms with van der Waals surface area (Å²) in [4.78, 5) is 5.97. The molecule has 2 aliphatic heterocycles. The minimum Gasteiger partial charge on any atom is -0.316 e. The summed E-state index contributed by atoms with van der Waals surface area (Å²) >= 11 is 5.69. The lowest BCUT2D eigenvalue weighted by atomic mass is 10.1. The molecular formula is C14H18N2S. The predicted octanol–water partition coefficient (Wildman–Crippen LogP) is 3.03. The van der Waals surface area contributed by atoms with Gasteiger partial charge in [0.15, 0.2) is 0 Å². The minimum absolute atomic E-state index is 0.0135. The first-order valence-corrected chi connectivity index (χ1v) is 6.69. The van der Waals surface area contributed by atoms with E-state index in [-0.39, 0.29) is 5.66 Å². The normalized spacial score (nSPS) is 27.5. The van der Waals surface area contributed by atoms with Gasteiger partial charge in [0.05, 0.1) is 11.7 Å². The maximum Gasteiger partial charge on any atom is 0.101 e. The molecule has 1 aromatic rings. The van der Waals surface area contributed by atoms with Crippen LogP contribution in [0.15, 0.2) is 30.3 Å². The number of para-hydroxylation sites is 1. The van der Waals surface area contributed by atoms with Crippen LogP contribution in [0.5, 0.6) is 0 Å². The SMILES string of the molecule is CC1(C)N(c2ccccc2)C(=S)[C@@H]2CCCN21. The number of nitrogens with zero attached hydrogens (tertiary/aromatic N) is 2. The van der Waals surface area contributed by atoms with E-state index in [4.69, 9.17) is 12.2 Å². The van der Waals surface area contributed by atoms with Crippen LogP contribution >= 0.6 is 12.2 Å². The summed E-state index contributed by atoms with van der Waals surface area (Å²) in [5, 5.41) is 0. The summed E-state index contributed by atoms with van der Waals surface area (Å²) in [5.74, 6) is 0. The van der Waals surface area contributed by atoms with Crippen LogP contribution in [0.4, 0.5) is 5.69 Å². The van der Waals surface area contributed by atoms with Crippen LogP contribution in [0.1, 0.15) is 26.7 Å². The lowest BCUT2D eigenvalue weighted by molar-refractivity contribution is 0.173. The third kappa shape index (κ3) is 1.53. The van der Waals surface area contributed by atoms with Crippen molar-refractivity contribution >= 4 is 22.9 Å². The van der Waals surface area contributed by atoms with E-state index in [0.29, 0.717) is 6.04 Å². The molecule has 2 aliphatic rings. The second-order valence-corrected chi connectivity index (χ2v) is 5.77. The van der Waals surface area contributed by atoms with Crippen LogP contribution in [-0.2, 0) is 0 Å². The molecule has 2 saturated heterocycles. The molecule has 0 radical (unpaired) electrons. The highest BCUT2D eigenvalue weighted by Gasteiger charge is 2.50. The van der Waals surface area contributed by atoms with E-state index in [1.807, 2.05) is 0 Å². The van der Waals surface area contributed by atoms with Crippen molar-refractivity contribution < 1.29 is 0 Å². The van der Waals surface area contributed by atoms with Gasteiger partial charge < -0.3 is 4.90 Å². The Morgan fingerprint density at radius 1 is 1.24 bits per heavy atom. The fourth-order valence-corrected chi connectivity index (χ4v) is 3.82. The summed E-state index contributed by atoms with van der Waals surface area (Å²) in [5.41, 5.74) is 1.23. The fraction of sp³-hybridized carbons (Fsp3) is 0.500. The smallest absolute Gasteiger partial charge is 0.101 e. The summed E-state index contributed by atoms with van der Waals surface area (Å²) < 4.78 is 0. The first-order chi connectivity index (χ1) is 8.12. The predicted molar refractivity (Wildman–Crippen MR) is 75.3 cm³/mol. The van der Waals surface area contributed by atoms with Gasteiger partial charge in [-0.05, 0) is 38.8 Å². The number of hydrogen-bond donors (Lipinski definition) is 0. The van der Waals surface area contributed by atoms with Crippen molar-refractivity contribution in [2.45, 2.75) is 38.4 Å². The quantitative estimate of drug-likeness (QED) is 0.703. The van der Waals surface area contributed by atoms with Crippen molar-refractivity contribution in [1.82, 2.24) is 4.90 Å². The lowest BCUT2D eigenvalue weighted by Crippen LogP contribution is -2.49. The van der Waals surface area contributed by atoms with Gasteiger partial charge in [0.1, 0.15) is 4.99 Å². The zero-order valence-electron chi connectivity index (χ0n) is 10.4. The number of benzene rings is 1. The van der Waals surface area contributed by atoms with Crippen molar-refractivity contribution in [2.75, 3.05) is 11.4 Å². The molecule has 0 saturated carbocycles. The molecule has 17 heavy (non-hydrogen) atoms. The number of thiocarbonyl (C=S) groups is 1. The molecule has 2 fully saturated rings. The molecule has 3 heteroatoms. The van der Waals surface area contributed by atoms with Crippen LogP contribution in [0.3, 0.4) is 0 Å². The fourth-order valence-electron chi connectivity index (χ4n) is 3.25. The highest BCUT2D eigenvalue weighted by Crippen LogP contribution is 2.41. The van der Waals surface area contributed by atoms with Crippen molar-refractivity contribution in [2.24, 2.45) is 0 Å². The van der Waals surface area contributed by atoms with Crippen LogP contribution < -0.4 is 4.90 Å². The van der Waals surface area contributed by atoms with E-state index in [2.05, 4.69) is 54.0 Å². The molecule has 0 N–H and O–H groups in total. The maximum atomic E-state index is 5.69. The second kappa shape index (κ2) is 3.79. The van der Waals surface area contributed by atoms with E-state index in [0.717, 1.165) is 4.99 Å². The largest absolute Gasteiger partial charge is 0.316 e. The second-order valence-electron chi connectivity index (χ2n) is 5.36. The van der Waals surface area contributed by atoms with E-state index in [1.54, 1.807) is 0 Å². The van der Waals surface area contributed by atoms with Gasteiger partial charge in [-0.25, -0.2) is 0 Å².